The number of anilines is 2. The molecule has 0 bridgehead atoms. The van der Waals surface area contributed by atoms with E-state index < -0.39 is 0 Å². The second-order valence-electron chi connectivity index (χ2n) is 2.38. The van der Waals surface area contributed by atoms with Gasteiger partial charge in [-0.3, -0.25) is 0 Å². The van der Waals surface area contributed by atoms with Crippen LogP contribution in [0.4, 0.5) is 11.4 Å². The lowest BCUT2D eigenvalue weighted by Crippen LogP contribution is -2.07. The highest BCUT2D eigenvalue weighted by Crippen LogP contribution is 2.32. The highest BCUT2D eigenvalue weighted by molar-refractivity contribution is 5.77. The van der Waals surface area contributed by atoms with E-state index in [9.17, 15) is 0 Å². The largest absolute Gasteiger partial charge is 0.360 e. The first-order valence-corrected chi connectivity index (χ1v) is 3.51. The fraction of sp³-hybridized carbons (Fsp3) is 0. The predicted molar refractivity (Wildman–Crippen MR) is 47.0 cm³/mol. The number of hydrogen-bond donors (Lipinski definition) is 1. The van der Waals surface area contributed by atoms with Gasteiger partial charge in [0.25, 0.3) is 0 Å². The zero-order chi connectivity index (χ0) is 7.68. The molecule has 11 heavy (non-hydrogen) atoms. The van der Waals surface area contributed by atoms with E-state index in [4.69, 9.17) is 0 Å². The molecule has 1 N–H and O–H groups in total. The number of nitrogens with zero attached hydrogens (tertiary/aromatic N) is 1. The molecule has 1 heterocycles. The quantitative estimate of drug-likeness (QED) is 0.651. The maximum Gasteiger partial charge on any atom is 0.143 e. The summed E-state index contributed by atoms with van der Waals surface area (Å²) in [5, 5.41) is 3.13. The Labute approximate surface area is 66.1 Å². The number of rotatable bonds is 1. The van der Waals surface area contributed by atoms with E-state index in [1.807, 2.05) is 35.8 Å². The number of nitrogens with one attached hydrogen (secondary N) is 1. The second kappa shape index (κ2) is 2.31. The molecular weight excluding hydrogens is 136 g/mol. The highest BCUT2D eigenvalue weighted by atomic mass is 15.3. The van der Waals surface area contributed by atoms with Crippen molar-refractivity contribution in [3.8, 4) is 0 Å². The van der Waals surface area contributed by atoms with Crippen LogP contribution in [-0.2, 0) is 0 Å². The van der Waals surface area contributed by atoms with Crippen LogP contribution in [0, 0.1) is 6.67 Å². The van der Waals surface area contributed by atoms with Crippen LogP contribution in [0.2, 0.25) is 0 Å². The van der Waals surface area contributed by atoms with Crippen LogP contribution in [0.25, 0.3) is 0 Å². The Hall–Kier alpha value is -1.44. The van der Waals surface area contributed by atoms with Crippen molar-refractivity contribution in [2.24, 2.45) is 0 Å². The Morgan fingerprint density at radius 2 is 2.18 bits per heavy atom. The van der Waals surface area contributed by atoms with Gasteiger partial charge in [0.2, 0.25) is 0 Å². The molecule has 2 rings (SSSR count). The third-order valence-corrected chi connectivity index (χ3v) is 1.74. The zero-order valence-corrected chi connectivity index (χ0v) is 6.12. The molecule has 0 amide bonds. The molecule has 0 atom stereocenters. The molecule has 1 aromatic rings. The summed E-state index contributed by atoms with van der Waals surface area (Å²) < 4.78 is 0. The molecule has 0 saturated carbocycles. The van der Waals surface area contributed by atoms with Gasteiger partial charge in [-0.2, -0.15) is 0 Å². The SMILES string of the molecule is C=CN1[CH]Nc2ccccc21. The maximum atomic E-state index is 3.70. The summed E-state index contributed by atoms with van der Waals surface area (Å²) in [4.78, 5) is 1.95. The van der Waals surface area contributed by atoms with E-state index in [-0.39, 0.29) is 0 Å². The van der Waals surface area contributed by atoms with E-state index in [2.05, 4.69) is 11.9 Å². The minimum Gasteiger partial charge on any atom is -0.360 e. The van der Waals surface area contributed by atoms with Crippen LogP contribution < -0.4 is 10.2 Å². The van der Waals surface area contributed by atoms with Gasteiger partial charge in [0.1, 0.15) is 6.67 Å². The number of fused-ring (bicyclic) bond motifs is 1. The van der Waals surface area contributed by atoms with E-state index >= 15 is 0 Å². The van der Waals surface area contributed by atoms with Crippen LogP contribution in [0.15, 0.2) is 37.0 Å². The van der Waals surface area contributed by atoms with Gasteiger partial charge >= 0.3 is 0 Å². The highest BCUT2D eigenvalue weighted by Gasteiger charge is 2.14. The monoisotopic (exact) mass is 145 g/mol. The topological polar surface area (TPSA) is 15.3 Å². The number of hydrogen-bond acceptors (Lipinski definition) is 2. The molecule has 1 aliphatic rings. The first-order chi connectivity index (χ1) is 5.42. The third-order valence-electron chi connectivity index (χ3n) is 1.74. The van der Waals surface area contributed by atoms with E-state index in [0.717, 1.165) is 11.4 Å². The molecular formula is C9H9N2. The summed E-state index contributed by atoms with van der Waals surface area (Å²) in [6.45, 7) is 5.58. The lowest BCUT2D eigenvalue weighted by atomic mass is 10.3. The average Bonchev–Trinajstić information content (AvgIpc) is 2.47. The third kappa shape index (κ3) is 0.871. The molecule has 0 aliphatic carbocycles. The molecule has 55 valence electrons. The first-order valence-electron chi connectivity index (χ1n) is 3.51. The Kier molecular flexibility index (Phi) is 1.32. The Bertz CT molecular complexity index is 281. The van der Waals surface area contributed by atoms with Crippen molar-refractivity contribution >= 4 is 11.4 Å². The summed E-state index contributed by atoms with van der Waals surface area (Å²) in [6, 6.07) is 8.10. The molecule has 2 nitrogen and oxygen atoms in total. The molecule has 0 saturated heterocycles. The normalized spacial score (nSPS) is 14.0. The molecule has 1 aromatic carbocycles. The van der Waals surface area contributed by atoms with Crippen molar-refractivity contribution in [2.75, 3.05) is 10.2 Å². The average molecular weight is 145 g/mol. The second-order valence-corrected chi connectivity index (χ2v) is 2.38. The Morgan fingerprint density at radius 1 is 1.36 bits per heavy atom. The van der Waals surface area contributed by atoms with E-state index in [1.165, 1.54) is 0 Å². The number of benzene rings is 1. The molecule has 2 heteroatoms. The minimum atomic E-state index is 1.13. The molecule has 1 radical (unpaired) electrons. The summed E-state index contributed by atoms with van der Waals surface area (Å²) in [7, 11) is 0. The molecule has 0 fully saturated rings. The molecule has 0 unspecified atom stereocenters. The van der Waals surface area contributed by atoms with Gasteiger partial charge in [-0.15, -0.1) is 0 Å². The Balaban J connectivity index is 2.46. The fourth-order valence-corrected chi connectivity index (χ4v) is 1.18. The van der Waals surface area contributed by atoms with Gasteiger partial charge in [-0.25, -0.2) is 0 Å². The van der Waals surface area contributed by atoms with Gasteiger partial charge in [0, 0.05) is 0 Å². The summed E-state index contributed by atoms with van der Waals surface area (Å²) in [5.74, 6) is 0. The molecule has 0 spiro atoms. The van der Waals surface area contributed by atoms with Crippen LogP contribution in [0.3, 0.4) is 0 Å². The van der Waals surface area contributed by atoms with Gasteiger partial charge in [0.15, 0.2) is 0 Å². The summed E-state index contributed by atoms with van der Waals surface area (Å²) >= 11 is 0. The van der Waals surface area contributed by atoms with Gasteiger partial charge in [-0.1, -0.05) is 18.7 Å². The smallest absolute Gasteiger partial charge is 0.143 e. The van der Waals surface area contributed by atoms with Gasteiger partial charge in [-0.05, 0) is 18.3 Å². The Morgan fingerprint density at radius 3 is 3.00 bits per heavy atom. The van der Waals surface area contributed by atoms with Crippen molar-refractivity contribution in [2.45, 2.75) is 0 Å². The van der Waals surface area contributed by atoms with Crippen molar-refractivity contribution < 1.29 is 0 Å². The van der Waals surface area contributed by atoms with E-state index in [0.29, 0.717) is 0 Å². The van der Waals surface area contributed by atoms with Crippen molar-refractivity contribution in [3.63, 3.8) is 0 Å². The van der Waals surface area contributed by atoms with Gasteiger partial charge in [0.05, 0.1) is 11.4 Å². The number of para-hydroxylation sites is 2. The molecule has 1 aliphatic heterocycles. The standard InChI is InChI=1S/C9H9N2/c1-2-11-7-10-8-5-3-4-6-9(8)11/h2-7,10H,1H2. The van der Waals surface area contributed by atoms with Crippen LogP contribution in [0.5, 0.6) is 0 Å². The van der Waals surface area contributed by atoms with E-state index in [1.54, 1.807) is 6.20 Å². The lowest BCUT2D eigenvalue weighted by molar-refractivity contribution is 1.23. The molecule has 0 aromatic heterocycles. The summed E-state index contributed by atoms with van der Waals surface area (Å²) in [5.41, 5.74) is 2.29. The fourth-order valence-electron chi connectivity index (χ4n) is 1.18. The predicted octanol–water partition coefficient (Wildman–Crippen LogP) is 2.18. The maximum absolute atomic E-state index is 3.70. The first kappa shape index (κ1) is 6.28. The lowest BCUT2D eigenvalue weighted by Gasteiger charge is -2.08. The summed E-state index contributed by atoms with van der Waals surface area (Å²) in [6.07, 6.45) is 1.78. The van der Waals surface area contributed by atoms with Gasteiger partial charge < -0.3 is 10.2 Å². The minimum absolute atomic E-state index is 1.13. The van der Waals surface area contributed by atoms with Crippen LogP contribution in [0.1, 0.15) is 0 Å². The van der Waals surface area contributed by atoms with Crippen molar-refractivity contribution in [3.05, 3.63) is 43.7 Å². The van der Waals surface area contributed by atoms with Crippen LogP contribution >= 0.6 is 0 Å². The zero-order valence-electron chi connectivity index (χ0n) is 6.12. The van der Waals surface area contributed by atoms with Crippen molar-refractivity contribution in [1.82, 2.24) is 0 Å². The van der Waals surface area contributed by atoms with Crippen LogP contribution in [-0.4, -0.2) is 0 Å². The van der Waals surface area contributed by atoms with Crippen molar-refractivity contribution in [1.29, 1.82) is 0 Å².